The van der Waals surface area contributed by atoms with E-state index in [4.69, 9.17) is 23.8 Å². The number of benzene rings is 2. The number of amides is 2. The van der Waals surface area contributed by atoms with Crippen LogP contribution < -0.4 is 20.9 Å². The van der Waals surface area contributed by atoms with Crippen LogP contribution in [0, 0.1) is 10.1 Å². The molecule has 0 saturated carbocycles. The lowest BCUT2D eigenvalue weighted by molar-refractivity contribution is -0.384. The SMILES string of the molecule is CCC(=O)Nc1ccc(Cl)c(NC(=S)NC(=O)c2ccc(N3CCCCC3)c([N+](=O)[O-])c2)c1. The molecular formula is C22H24ClN5O4S. The number of nitro groups is 1. The van der Waals surface area contributed by atoms with E-state index in [0.717, 1.165) is 32.4 Å². The van der Waals surface area contributed by atoms with Crippen molar-refractivity contribution in [1.29, 1.82) is 0 Å². The third-order valence-electron chi connectivity index (χ3n) is 5.18. The zero-order valence-corrected chi connectivity index (χ0v) is 19.6. The quantitative estimate of drug-likeness (QED) is 0.305. The van der Waals surface area contributed by atoms with Crippen molar-refractivity contribution >= 4 is 63.5 Å². The number of hydrogen-bond donors (Lipinski definition) is 3. The maximum absolute atomic E-state index is 12.7. The first kappa shape index (κ1) is 24.4. The van der Waals surface area contributed by atoms with Crippen LogP contribution in [0.25, 0.3) is 0 Å². The van der Waals surface area contributed by atoms with E-state index >= 15 is 0 Å². The molecule has 1 fully saturated rings. The minimum atomic E-state index is -0.590. The van der Waals surface area contributed by atoms with Crippen molar-refractivity contribution in [3.8, 4) is 0 Å². The molecule has 1 heterocycles. The molecule has 2 aromatic rings. The average Bonchev–Trinajstić information content (AvgIpc) is 2.81. The normalized spacial score (nSPS) is 13.2. The highest BCUT2D eigenvalue weighted by molar-refractivity contribution is 7.80. The minimum absolute atomic E-state index is 0.0383. The zero-order chi connectivity index (χ0) is 24.0. The lowest BCUT2D eigenvalue weighted by Gasteiger charge is -2.28. The predicted molar refractivity (Wildman–Crippen MR) is 133 cm³/mol. The van der Waals surface area contributed by atoms with E-state index in [2.05, 4.69) is 16.0 Å². The van der Waals surface area contributed by atoms with E-state index in [1.165, 1.54) is 6.07 Å². The van der Waals surface area contributed by atoms with Crippen LogP contribution >= 0.6 is 23.8 Å². The lowest BCUT2D eigenvalue weighted by Crippen LogP contribution is -2.34. The van der Waals surface area contributed by atoms with Crippen LogP contribution in [0.3, 0.4) is 0 Å². The predicted octanol–water partition coefficient (Wildman–Crippen LogP) is 4.71. The Hall–Kier alpha value is -3.24. The summed E-state index contributed by atoms with van der Waals surface area (Å²) in [5.41, 5.74) is 1.41. The third kappa shape index (κ3) is 6.39. The molecule has 9 nitrogen and oxygen atoms in total. The molecule has 2 amide bonds. The van der Waals surface area contributed by atoms with Gasteiger partial charge in [0.2, 0.25) is 5.91 Å². The number of nitrogens with one attached hydrogen (secondary N) is 3. The second-order valence-electron chi connectivity index (χ2n) is 7.51. The smallest absolute Gasteiger partial charge is 0.293 e. The van der Waals surface area contributed by atoms with Crippen molar-refractivity contribution in [3.05, 3.63) is 57.1 Å². The van der Waals surface area contributed by atoms with Gasteiger partial charge in [-0.2, -0.15) is 0 Å². The summed E-state index contributed by atoms with van der Waals surface area (Å²) in [5.74, 6) is -0.749. The molecule has 0 aromatic heterocycles. The Labute approximate surface area is 201 Å². The largest absolute Gasteiger partial charge is 0.366 e. The van der Waals surface area contributed by atoms with E-state index in [9.17, 15) is 19.7 Å². The summed E-state index contributed by atoms with van der Waals surface area (Å²) in [7, 11) is 0. The van der Waals surface area contributed by atoms with Gasteiger partial charge in [-0.3, -0.25) is 25.0 Å². The molecule has 0 aliphatic carbocycles. The highest BCUT2D eigenvalue weighted by atomic mass is 35.5. The van der Waals surface area contributed by atoms with Crippen molar-refractivity contribution < 1.29 is 14.5 Å². The summed E-state index contributed by atoms with van der Waals surface area (Å²) < 4.78 is 0. The number of nitrogens with zero attached hydrogens (tertiary/aromatic N) is 2. The molecule has 0 bridgehead atoms. The Morgan fingerprint density at radius 3 is 2.52 bits per heavy atom. The van der Waals surface area contributed by atoms with Crippen molar-refractivity contribution in [2.75, 3.05) is 28.6 Å². The summed E-state index contributed by atoms with van der Waals surface area (Å²) in [6.45, 7) is 3.23. The van der Waals surface area contributed by atoms with E-state index in [1.54, 1.807) is 37.3 Å². The number of carbonyl (C=O) groups is 2. The number of thiocarbonyl (C=S) groups is 1. The first-order valence-electron chi connectivity index (χ1n) is 10.5. The fourth-order valence-electron chi connectivity index (χ4n) is 3.49. The Morgan fingerprint density at radius 2 is 1.85 bits per heavy atom. The van der Waals surface area contributed by atoms with E-state index < -0.39 is 10.8 Å². The van der Waals surface area contributed by atoms with Crippen LogP contribution in [0.5, 0.6) is 0 Å². The van der Waals surface area contributed by atoms with Gasteiger partial charge >= 0.3 is 0 Å². The van der Waals surface area contributed by atoms with E-state index in [-0.39, 0.29) is 22.3 Å². The van der Waals surface area contributed by atoms with Gasteiger partial charge in [0.05, 0.1) is 15.6 Å². The average molecular weight is 490 g/mol. The van der Waals surface area contributed by atoms with E-state index in [1.807, 2.05) is 4.90 Å². The maximum Gasteiger partial charge on any atom is 0.293 e. The van der Waals surface area contributed by atoms with Crippen molar-refractivity contribution in [1.82, 2.24) is 5.32 Å². The number of hydrogen-bond acceptors (Lipinski definition) is 6. The third-order valence-corrected chi connectivity index (χ3v) is 5.71. The van der Waals surface area contributed by atoms with Gasteiger partial charge in [0.15, 0.2) is 5.11 Å². The number of rotatable bonds is 6. The van der Waals surface area contributed by atoms with Crippen LogP contribution in [-0.2, 0) is 4.79 Å². The Kier molecular flexibility index (Phi) is 8.18. The van der Waals surface area contributed by atoms with Gasteiger partial charge in [0.25, 0.3) is 11.6 Å². The van der Waals surface area contributed by atoms with Crippen LogP contribution in [0.4, 0.5) is 22.7 Å². The maximum atomic E-state index is 12.7. The first-order chi connectivity index (χ1) is 15.8. The molecule has 0 radical (unpaired) electrons. The van der Waals surface area contributed by atoms with Gasteiger partial charge in [0.1, 0.15) is 5.69 Å². The monoisotopic (exact) mass is 489 g/mol. The van der Waals surface area contributed by atoms with Crippen molar-refractivity contribution in [2.24, 2.45) is 0 Å². The number of nitro benzene ring substituents is 1. The van der Waals surface area contributed by atoms with Crippen LogP contribution in [0.15, 0.2) is 36.4 Å². The summed E-state index contributed by atoms with van der Waals surface area (Å²) in [6, 6.07) is 9.23. The molecule has 3 N–H and O–H groups in total. The molecule has 0 unspecified atom stereocenters. The molecule has 33 heavy (non-hydrogen) atoms. The van der Waals surface area contributed by atoms with Gasteiger partial charge in [-0.25, -0.2) is 0 Å². The molecule has 0 atom stereocenters. The number of carbonyl (C=O) groups excluding carboxylic acids is 2. The Bertz CT molecular complexity index is 1090. The molecule has 1 saturated heterocycles. The standard InChI is InChI=1S/C22H24ClN5O4S/c1-2-20(29)24-15-7-8-16(23)17(13-15)25-22(33)26-21(30)14-6-9-18(19(12-14)28(31)32)27-10-4-3-5-11-27/h6-9,12-13H,2-5,10-11H2,1H3,(H,24,29)(H2,25,26,30,33). The summed E-state index contributed by atoms with van der Waals surface area (Å²) >= 11 is 11.4. The Morgan fingerprint density at radius 1 is 1.12 bits per heavy atom. The van der Waals surface area contributed by atoms with Gasteiger partial charge < -0.3 is 15.5 Å². The molecular weight excluding hydrogens is 466 g/mol. The first-order valence-corrected chi connectivity index (χ1v) is 11.3. The Balaban J connectivity index is 1.71. The summed E-state index contributed by atoms with van der Waals surface area (Å²) in [6.07, 6.45) is 3.38. The molecule has 0 spiro atoms. The molecule has 2 aromatic carbocycles. The van der Waals surface area contributed by atoms with Crippen molar-refractivity contribution in [3.63, 3.8) is 0 Å². The fourth-order valence-corrected chi connectivity index (χ4v) is 3.86. The second-order valence-corrected chi connectivity index (χ2v) is 8.33. The van der Waals surface area contributed by atoms with Crippen LogP contribution in [-0.4, -0.2) is 34.9 Å². The van der Waals surface area contributed by atoms with Gasteiger partial charge in [-0.05, 0) is 61.8 Å². The van der Waals surface area contributed by atoms with Crippen molar-refractivity contribution in [2.45, 2.75) is 32.6 Å². The van der Waals surface area contributed by atoms with E-state index in [0.29, 0.717) is 28.5 Å². The van der Waals surface area contributed by atoms with Crippen LogP contribution in [0.1, 0.15) is 43.0 Å². The van der Waals surface area contributed by atoms with Gasteiger partial charge in [-0.15, -0.1) is 0 Å². The second kappa shape index (κ2) is 11.1. The molecule has 3 rings (SSSR count). The topological polar surface area (TPSA) is 117 Å². The molecule has 11 heteroatoms. The summed E-state index contributed by atoms with van der Waals surface area (Å²) in [5, 5.41) is 20.0. The number of piperidine rings is 1. The number of halogens is 1. The highest BCUT2D eigenvalue weighted by Crippen LogP contribution is 2.31. The zero-order valence-electron chi connectivity index (χ0n) is 18.0. The number of anilines is 3. The highest BCUT2D eigenvalue weighted by Gasteiger charge is 2.23. The van der Waals surface area contributed by atoms with Crippen LogP contribution in [0.2, 0.25) is 5.02 Å². The molecule has 174 valence electrons. The molecule has 1 aliphatic heterocycles. The summed E-state index contributed by atoms with van der Waals surface area (Å²) in [4.78, 5) is 37.4. The molecule has 1 aliphatic rings. The van der Waals surface area contributed by atoms with Gasteiger partial charge in [-0.1, -0.05) is 18.5 Å². The lowest BCUT2D eigenvalue weighted by atomic mass is 10.1. The fraction of sp³-hybridized carbons (Fsp3) is 0.318. The minimum Gasteiger partial charge on any atom is -0.366 e. The van der Waals surface area contributed by atoms with Gasteiger partial charge in [0, 0.05) is 36.8 Å².